The van der Waals surface area contributed by atoms with Crippen LogP contribution in [0.1, 0.15) is 5.69 Å². The number of aryl methyl sites for hydroxylation is 1. The Kier molecular flexibility index (Phi) is 1.99. The van der Waals surface area contributed by atoms with Crippen LogP contribution in [0.4, 0.5) is 0 Å². The van der Waals surface area contributed by atoms with Gasteiger partial charge < -0.3 is 4.57 Å². The Bertz CT molecular complexity index is 621. The Hall–Kier alpha value is -2.10. The topological polar surface area (TPSA) is 35.6 Å². The van der Waals surface area contributed by atoms with Crippen molar-refractivity contribution in [3.05, 3.63) is 48.5 Å². The Labute approximate surface area is 93.1 Å². The summed E-state index contributed by atoms with van der Waals surface area (Å²) >= 11 is 0. The van der Waals surface area contributed by atoms with E-state index in [1.54, 1.807) is 0 Å². The zero-order chi connectivity index (χ0) is 11.0. The number of pyridine rings is 1. The summed E-state index contributed by atoms with van der Waals surface area (Å²) in [6.45, 7) is 0.765. The van der Waals surface area contributed by atoms with Crippen LogP contribution in [0.3, 0.4) is 0 Å². The van der Waals surface area contributed by atoms with E-state index in [-0.39, 0.29) is 0 Å². The molecule has 3 aromatic heterocycles. The van der Waals surface area contributed by atoms with Gasteiger partial charge >= 0.3 is 0 Å². The van der Waals surface area contributed by atoms with Gasteiger partial charge in [0.15, 0.2) is 0 Å². The number of aromatic nitrogens is 4. The van der Waals surface area contributed by atoms with Gasteiger partial charge in [0, 0.05) is 31.0 Å². The van der Waals surface area contributed by atoms with Crippen molar-refractivity contribution in [1.29, 1.82) is 0 Å². The van der Waals surface area contributed by atoms with Gasteiger partial charge in [0.1, 0.15) is 5.65 Å². The molecule has 0 aliphatic carbocycles. The largest absolute Gasteiger partial charge is 0.326 e. The minimum Gasteiger partial charge on any atom is -0.326 e. The lowest BCUT2D eigenvalue weighted by Gasteiger charge is -2.01. The van der Waals surface area contributed by atoms with Crippen LogP contribution in [0.15, 0.2) is 42.9 Å². The predicted molar refractivity (Wildman–Crippen MR) is 62.0 cm³/mol. The van der Waals surface area contributed by atoms with Gasteiger partial charge in [-0.25, -0.2) is 4.98 Å². The van der Waals surface area contributed by atoms with Gasteiger partial charge in [-0.1, -0.05) is 0 Å². The molecule has 0 bridgehead atoms. The van der Waals surface area contributed by atoms with Crippen LogP contribution in [0, 0.1) is 0 Å². The lowest BCUT2D eigenvalue weighted by atomic mass is 10.3. The first kappa shape index (κ1) is 9.15. The number of rotatable bonds is 2. The molecule has 4 heteroatoms. The maximum absolute atomic E-state index is 4.37. The molecule has 80 valence electrons. The predicted octanol–water partition coefficient (Wildman–Crippen LogP) is 1.82. The summed E-state index contributed by atoms with van der Waals surface area (Å²) in [5.74, 6) is 0. The molecule has 16 heavy (non-hydrogen) atoms. The fourth-order valence-electron chi connectivity index (χ4n) is 1.87. The van der Waals surface area contributed by atoms with Crippen molar-refractivity contribution in [1.82, 2.24) is 19.3 Å². The van der Waals surface area contributed by atoms with Gasteiger partial charge in [0.05, 0.1) is 12.2 Å². The van der Waals surface area contributed by atoms with Crippen molar-refractivity contribution in [3.63, 3.8) is 0 Å². The van der Waals surface area contributed by atoms with Crippen molar-refractivity contribution in [2.45, 2.75) is 6.54 Å². The minimum absolute atomic E-state index is 0.765. The highest BCUT2D eigenvalue weighted by molar-refractivity contribution is 5.75. The van der Waals surface area contributed by atoms with E-state index < -0.39 is 0 Å². The maximum atomic E-state index is 4.37. The van der Waals surface area contributed by atoms with E-state index in [1.165, 1.54) is 5.39 Å². The van der Waals surface area contributed by atoms with Crippen LogP contribution in [0.5, 0.6) is 0 Å². The second kappa shape index (κ2) is 3.48. The first-order valence-corrected chi connectivity index (χ1v) is 5.21. The Morgan fingerprint density at radius 2 is 2.12 bits per heavy atom. The third-order valence-corrected chi connectivity index (χ3v) is 2.62. The van der Waals surface area contributed by atoms with E-state index >= 15 is 0 Å². The van der Waals surface area contributed by atoms with Gasteiger partial charge in [0.25, 0.3) is 0 Å². The third kappa shape index (κ3) is 1.48. The lowest BCUT2D eigenvalue weighted by Crippen LogP contribution is -2.00. The van der Waals surface area contributed by atoms with E-state index in [4.69, 9.17) is 0 Å². The van der Waals surface area contributed by atoms with Gasteiger partial charge in [-0.3, -0.25) is 4.68 Å². The molecule has 0 aromatic carbocycles. The summed E-state index contributed by atoms with van der Waals surface area (Å²) < 4.78 is 3.92. The SMILES string of the molecule is Cn1ccc(Cn2ccc3cccnc32)n1. The molecule has 4 nitrogen and oxygen atoms in total. The minimum atomic E-state index is 0.765. The van der Waals surface area contributed by atoms with E-state index in [0.717, 1.165) is 17.9 Å². The molecule has 0 aliphatic rings. The molecule has 0 atom stereocenters. The smallest absolute Gasteiger partial charge is 0.140 e. The van der Waals surface area contributed by atoms with Crippen LogP contribution in [-0.4, -0.2) is 19.3 Å². The molecular formula is C12H12N4. The van der Waals surface area contributed by atoms with Gasteiger partial charge in [-0.05, 0) is 24.3 Å². The van der Waals surface area contributed by atoms with E-state index in [1.807, 2.05) is 42.5 Å². The van der Waals surface area contributed by atoms with Crippen LogP contribution in [0.25, 0.3) is 11.0 Å². The summed E-state index contributed by atoms with van der Waals surface area (Å²) in [6.07, 6.45) is 5.82. The van der Waals surface area contributed by atoms with Crippen molar-refractivity contribution in [3.8, 4) is 0 Å². The third-order valence-electron chi connectivity index (χ3n) is 2.62. The normalized spacial score (nSPS) is 11.1. The first-order valence-electron chi connectivity index (χ1n) is 5.21. The molecule has 0 saturated carbocycles. The molecule has 3 rings (SSSR count). The second-order valence-electron chi connectivity index (χ2n) is 3.84. The van der Waals surface area contributed by atoms with E-state index in [0.29, 0.717) is 0 Å². The fraction of sp³-hybridized carbons (Fsp3) is 0.167. The van der Waals surface area contributed by atoms with Gasteiger partial charge in [-0.2, -0.15) is 5.10 Å². The number of nitrogens with zero attached hydrogens (tertiary/aromatic N) is 4. The van der Waals surface area contributed by atoms with Crippen LogP contribution >= 0.6 is 0 Å². The summed E-state index contributed by atoms with van der Waals surface area (Å²) in [4.78, 5) is 4.37. The zero-order valence-electron chi connectivity index (χ0n) is 9.04. The van der Waals surface area contributed by atoms with Gasteiger partial charge in [0.2, 0.25) is 0 Å². The molecule has 0 N–H and O–H groups in total. The highest BCUT2D eigenvalue weighted by Crippen LogP contribution is 2.13. The van der Waals surface area contributed by atoms with E-state index in [2.05, 4.69) is 26.8 Å². The molecule has 3 aromatic rings. The lowest BCUT2D eigenvalue weighted by molar-refractivity contribution is 0.714. The molecule has 3 heterocycles. The Morgan fingerprint density at radius 3 is 2.94 bits per heavy atom. The number of hydrogen-bond acceptors (Lipinski definition) is 2. The van der Waals surface area contributed by atoms with Crippen LogP contribution < -0.4 is 0 Å². The Morgan fingerprint density at radius 1 is 1.19 bits per heavy atom. The monoisotopic (exact) mass is 212 g/mol. The molecule has 0 fully saturated rings. The molecule has 0 unspecified atom stereocenters. The van der Waals surface area contributed by atoms with Crippen LogP contribution in [-0.2, 0) is 13.6 Å². The molecule has 0 amide bonds. The maximum Gasteiger partial charge on any atom is 0.140 e. The van der Waals surface area contributed by atoms with Crippen molar-refractivity contribution < 1.29 is 0 Å². The van der Waals surface area contributed by atoms with Crippen molar-refractivity contribution in [2.75, 3.05) is 0 Å². The molecule has 0 spiro atoms. The van der Waals surface area contributed by atoms with Crippen molar-refractivity contribution in [2.24, 2.45) is 7.05 Å². The summed E-state index contributed by atoms with van der Waals surface area (Å²) in [5.41, 5.74) is 2.05. The molecular weight excluding hydrogens is 200 g/mol. The average Bonchev–Trinajstić information content (AvgIpc) is 2.87. The highest BCUT2D eigenvalue weighted by Gasteiger charge is 2.03. The standard InChI is InChI=1S/C12H12N4/c1-15-7-5-11(14-15)9-16-8-4-10-3-2-6-13-12(10)16/h2-8H,9H2,1H3. The average molecular weight is 212 g/mol. The number of hydrogen-bond donors (Lipinski definition) is 0. The number of fused-ring (bicyclic) bond motifs is 1. The second-order valence-corrected chi connectivity index (χ2v) is 3.84. The van der Waals surface area contributed by atoms with E-state index in [9.17, 15) is 0 Å². The van der Waals surface area contributed by atoms with Gasteiger partial charge in [-0.15, -0.1) is 0 Å². The Balaban J connectivity index is 2.00. The van der Waals surface area contributed by atoms with Crippen molar-refractivity contribution >= 4 is 11.0 Å². The fourth-order valence-corrected chi connectivity index (χ4v) is 1.87. The molecule has 0 saturated heterocycles. The highest BCUT2D eigenvalue weighted by atomic mass is 15.3. The molecule has 0 aliphatic heterocycles. The zero-order valence-corrected chi connectivity index (χ0v) is 9.04. The summed E-state index contributed by atoms with van der Waals surface area (Å²) in [6, 6.07) is 8.12. The quantitative estimate of drug-likeness (QED) is 0.649. The van der Waals surface area contributed by atoms with Crippen LogP contribution in [0.2, 0.25) is 0 Å². The summed E-state index contributed by atoms with van der Waals surface area (Å²) in [5, 5.41) is 5.53. The molecule has 0 radical (unpaired) electrons. The summed E-state index contributed by atoms with van der Waals surface area (Å²) in [7, 11) is 1.93. The first-order chi connectivity index (χ1) is 7.83.